The fraction of sp³-hybridized carbons (Fsp3) is 0.500. The van der Waals surface area contributed by atoms with Crippen LogP contribution in [0.25, 0.3) is 0 Å². The van der Waals surface area contributed by atoms with Crippen molar-refractivity contribution in [2.75, 3.05) is 26.4 Å². The van der Waals surface area contributed by atoms with Crippen LogP contribution in [0.3, 0.4) is 0 Å². The molecule has 0 radical (unpaired) electrons. The molecule has 0 aromatic carbocycles. The van der Waals surface area contributed by atoms with Crippen LogP contribution in [0, 0.1) is 0 Å². The number of rotatable bonds is 8. The van der Waals surface area contributed by atoms with Gasteiger partial charge in [-0.3, -0.25) is 0 Å². The Kier molecular flexibility index (Phi) is 17.8. The van der Waals surface area contributed by atoms with Crippen LogP contribution in [-0.2, 0) is 59.8 Å². The fourth-order valence-corrected chi connectivity index (χ4v) is 3.29. The van der Waals surface area contributed by atoms with Crippen molar-refractivity contribution < 1.29 is 142 Å². The van der Waals surface area contributed by atoms with Crippen molar-refractivity contribution in [3.63, 3.8) is 0 Å². The minimum absolute atomic E-state index is 0. The predicted molar refractivity (Wildman–Crippen MR) is 141 cm³/mol. The Balaban J connectivity index is 0.000000623. The third-order valence-electron chi connectivity index (χ3n) is 5.90. The van der Waals surface area contributed by atoms with Crippen LogP contribution in [0.15, 0.2) is 46.1 Å². The maximum absolute atomic E-state index is 10.5. The van der Waals surface area contributed by atoms with Gasteiger partial charge in [0.25, 0.3) is 0 Å². The van der Waals surface area contributed by atoms with Gasteiger partial charge in [-0.25, -0.2) is 19.2 Å². The molecular formula is C24H32O24Ti. The zero-order valence-corrected chi connectivity index (χ0v) is 25.9. The number of hydrogen-bond acceptors (Lipinski definition) is 24. The van der Waals surface area contributed by atoms with Crippen LogP contribution in [0.2, 0.25) is 0 Å². The second-order valence-electron chi connectivity index (χ2n) is 9.24. The van der Waals surface area contributed by atoms with Crippen molar-refractivity contribution in [2.24, 2.45) is 0 Å². The van der Waals surface area contributed by atoms with Crippen LogP contribution in [0.5, 0.6) is 0 Å². The number of carbonyl (C=O) groups excluding carboxylic acids is 4. The van der Waals surface area contributed by atoms with E-state index in [1.165, 1.54) is 0 Å². The first-order chi connectivity index (χ1) is 22.3. The molecule has 0 saturated heterocycles. The van der Waals surface area contributed by atoms with Crippen molar-refractivity contribution >= 4 is 23.9 Å². The van der Waals surface area contributed by atoms with Crippen LogP contribution < -0.4 is 0 Å². The molecule has 0 aromatic rings. The Morgan fingerprint density at radius 1 is 0.388 bits per heavy atom. The minimum atomic E-state index is -1.42. The SMILES string of the molecule is O=C1O[C@H]([C@@H](O)CO)C(O)=C1O.O=C1O[C@H]([C@@H](O)CO)C(O)=C1O.O=C1O[C@H]([C@@H](O)CO)C(O)=C1O.O=C1O[C@H]([C@@H](O)CO)C(O)=C1O.[Ti]. The molecule has 0 aliphatic carbocycles. The van der Waals surface area contributed by atoms with Gasteiger partial charge in [-0.05, 0) is 0 Å². The summed E-state index contributed by atoms with van der Waals surface area (Å²) in [6, 6.07) is 0. The van der Waals surface area contributed by atoms with Gasteiger partial charge < -0.3 is 101 Å². The van der Waals surface area contributed by atoms with Crippen molar-refractivity contribution in [3.05, 3.63) is 46.1 Å². The van der Waals surface area contributed by atoms with Crippen molar-refractivity contribution in [1.82, 2.24) is 0 Å². The molecule has 0 unspecified atom stereocenters. The first kappa shape index (κ1) is 44.6. The zero-order valence-electron chi connectivity index (χ0n) is 24.4. The summed E-state index contributed by atoms with van der Waals surface area (Å²) in [5, 5.41) is 140. The third-order valence-corrected chi connectivity index (χ3v) is 5.90. The summed E-state index contributed by atoms with van der Waals surface area (Å²) in [7, 11) is 0. The molecule has 0 aromatic heterocycles. The van der Waals surface area contributed by atoms with E-state index in [4.69, 9.17) is 81.7 Å². The second-order valence-corrected chi connectivity index (χ2v) is 9.24. The molecule has 0 spiro atoms. The Morgan fingerprint density at radius 2 is 0.531 bits per heavy atom. The standard InChI is InChI=1S/4C6H8O6.Ti/c4*7-1-2(8)5-3(9)4(10)6(11)12-5;/h4*2,5,7-10H,1H2;/t4*2-,5+;/m0000./s1. The summed E-state index contributed by atoms with van der Waals surface area (Å²) in [5.41, 5.74) is 0. The first-order valence-corrected chi connectivity index (χ1v) is 12.8. The summed E-state index contributed by atoms with van der Waals surface area (Å²) in [4.78, 5) is 42.1. The molecule has 0 bridgehead atoms. The van der Waals surface area contributed by atoms with E-state index in [1.54, 1.807) is 0 Å². The minimum Gasteiger partial charge on any atom is -0.505 e. The molecule has 0 fully saturated rings. The van der Waals surface area contributed by atoms with E-state index >= 15 is 0 Å². The van der Waals surface area contributed by atoms with Gasteiger partial charge in [0.15, 0.2) is 47.5 Å². The van der Waals surface area contributed by atoms with Gasteiger partial charge in [-0.2, -0.15) is 0 Å². The van der Waals surface area contributed by atoms with Gasteiger partial charge >= 0.3 is 23.9 Å². The molecule has 4 aliphatic rings. The summed E-state index contributed by atoms with van der Waals surface area (Å²) in [6.07, 6.45) is -11.1. The van der Waals surface area contributed by atoms with Crippen LogP contribution in [-0.4, -0.2) is 181 Å². The molecule has 276 valence electrons. The number of hydrogen-bond donors (Lipinski definition) is 16. The number of carbonyl (C=O) groups is 4. The number of ether oxygens (including phenoxy) is 4. The van der Waals surface area contributed by atoms with Crippen molar-refractivity contribution in [2.45, 2.75) is 48.8 Å². The van der Waals surface area contributed by atoms with E-state index < -0.39 is 145 Å². The van der Waals surface area contributed by atoms with Gasteiger partial charge in [0, 0.05) is 21.7 Å². The molecule has 16 N–H and O–H groups in total. The van der Waals surface area contributed by atoms with E-state index in [0.29, 0.717) is 0 Å². The Morgan fingerprint density at radius 3 is 0.612 bits per heavy atom. The summed E-state index contributed by atoms with van der Waals surface area (Å²) in [5.74, 6) is -11.1. The van der Waals surface area contributed by atoms with Gasteiger partial charge in [0.1, 0.15) is 24.4 Å². The number of esters is 4. The Labute approximate surface area is 286 Å². The molecule has 25 heteroatoms. The maximum Gasteiger partial charge on any atom is 0.377 e. The van der Waals surface area contributed by atoms with Gasteiger partial charge in [-0.15, -0.1) is 0 Å². The maximum atomic E-state index is 10.5. The van der Waals surface area contributed by atoms with Crippen molar-refractivity contribution in [3.8, 4) is 0 Å². The fourth-order valence-electron chi connectivity index (χ4n) is 3.29. The summed E-state index contributed by atoms with van der Waals surface area (Å²) >= 11 is 0. The summed E-state index contributed by atoms with van der Waals surface area (Å²) < 4.78 is 17.3. The van der Waals surface area contributed by atoms with Gasteiger partial charge in [0.05, 0.1) is 26.4 Å². The molecule has 4 heterocycles. The van der Waals surface area contributed by atoms with Gasteiger partial charge in [-0.1, -0.05) is 0 Å². The molecular weight excluding hydrogens is 720 g/mol. The van der Waals surface area contributed by atoms with E-state index in [0.717, 1.165) is 0 Å². The monoisotopic (exact) mass is 752 g/mol. The largest absolute Gasteiger partial charge is 0.505 e. The quantitative estimate of drug-likeness (QED) is 0.0624. The molecule has 24 nitrogen and oxygen atoms in total. The Hall–Kier alpha value is -4.37. The molecule has 4 rings (SSSR count). The topological polar surface area (TPSA) is 429 Å². The molecule has 8 atom stereocenters. The van der Waals surface area contributed by atoms with Crippen LogP contribution >= 0.6 is 0 Å². The summed E-state index contributed by atoms with van der Waals surface area (Å²) in [6.45, 7) is -2.69. The first-order valence-electron chi connectivity index (χ1n) is 12.8. The normalized spacial score (nSPS) is 25.3. The average Bonchev–Trinajstić information content (AvgIpc) is 3.70. The zero-order chi connectivity index (χ0) is 37.2. The molecule has 4 aliphatic heterocycles. The number of aliphatic hydroxyl groups excluding tert-OH is 16. The van der Waals surface area contributed by atoms with E-state index in [9.17, 15) is 19.2 Å². The van der Waals surface area contributed by atoms with Crippen LogP contribution in [0.1, 0.15) is 0 Å². The number of cyclic esters (lactones) is 4. The smallest absolute Gasteiger partial charge is 0.377 e. The third kappa shape index (κ3) is 10.8. The van der Waals surface area contributed by atoms with E-state index in [2.05, 4.69) is 18.9 Å². The molecule has 49 heavy (non-hydrogen) atoms. The van der Waals surface area contributed by atoms with E-state index in [1.807, 2.05) is 0 Å². The van der Waals surface area contributed by atoms with E-state index in [-0.39, 0.29) is 21.7 Å². The van der Waals surface area contributed by atoms with Crippen molar-refractivity contribution in [1.29, 1.82) is 0 Å². The number of aliphatic hydroxyl groups is 16. The molecule has 0 saturated carbocycles. The second kappa shape index (κ2) is 19.6. The Bertz CT molecular complexity index is 1140. The predicted octanol–water partition coefficient (Wildman–Crippen LogP) is -5.63. The van der Waals surface area contributed by atoms with Crippen LogP contribution in [0.4, 0.5) is 0 Å². The van der Waals surface area contributed by atoms with Gasteiger partial charge in [0.2, 0.25) is 23.0 Å². The molecule has 0 amide bonds. The average molecular weight is 752 g/mol.